The molecule has 0 aliphatic rings. The number of carbonyl (C=O) groups is 1. The van der Waals surface area contributed by atoms with E-state index in [1.807, 2.05) is 54.6 Å². The Hall–Kier alpha value is -2.85. The van der Waals surface area contributed by atoms with E-state index in [1.165, 1.54) is 6.20 Å². The number of amides is 1. The van der Waals surface area contributed by atoms with Gasteiger partial charge in [0, 0.05) is 11.2 Å². The van der Waals surface area contributed by atoms with Gasteiger partial charge in [-0.05, 0) is 35.4 Å². The molecule has 3 aromatic rings. The summed E-state index contributed by atoms with van der Waals surface area (Å²) in [6.07, 6.45) is 1.52. The zero-order chi connectivity index (χ0) is 17.6. The number of halogens is 1. The van der Waals surface area contributed by atoms with Crippen LogP contribution in [-0.2, 0) is 0 Å². The number of nitrogens with one attached hydrogen (secondary N) is 1. The van der Waals surface area contributed by atoms with Crippen molar-refractivity contribution in [3.63, 3.8) is 0 Å². The number of nitrogens with zero attached hydrogens (tertiary/aromatic N) is 1. The minimum atomic E-state index is -0.305. The van der Waals surface area contributed by atoms with Crippen molar-refractivity contribution in [2.45, 2.75) is 6.04 Å². The maximum atomic E-state index is 12.6. The zero-order valence-corrected chi connectivity index (χ0v) is 14.4. The molecule has 0 bridgehead atoms. The van der Waals surface area contributed by atoms with Crippen LogP contribution in [0.3, 0.4) is 0 Å². The van der Waals surface area contributed by atoms with Crippen molar-refractivity contribution in [2.24, 2.45) is 0 Å². The topological polar surface area (TPSA) is 51.2 Å². The van der Waals surface area contributed by atoms with Gasteiger partial charge in [-0.15, -0.1) is 0 Å². The van der Waals surface area contributed by atoms with Gasteiger partial charge < -0.3 is 10.1 Å². The number of hydrogen-bond donors (Lipinski definition) is 1. The molecule has 1 unspecified atom stereocenters. The summed E-state index contributed by atoms with van der Waals surface area (Å²) in [6, 6.07) is 20.2. The van der Waals surface area contributed by atoms with Gasteiger partial charge in [0.05, 0.1) is 13.2 Å². The van der Waals surface area contributed by atoms with Crippen LogP contribution in [0.15, 0.2) is 72.9 Å². The van der Waals surface area contributed by atoms with E-state index in [0.29, 0.717) is 5.02 Å². The fourth-order valence-corrected chi connectivity index (χ4v) is 2.69. The van der Waals surface area contributed by atoms with E-state index in [0.717, 1.165) is 16.9 Å². The Morgan fingerprint density at radius 3 is 2.36 bits per heavy atom. The Morgan fingerprint density at radius 1 is 1.04 bits per heavy atom. The average Bonchev–Trinajstić information content (AvgIpc) is 2.67. The summed E-state index contributed by atoms with van der Waals surface area (Å²) in [4.78, 5) is 16.7. The number of ether oxygens (including phenoxy) is 1. The van der Waals surface area contributed by atoms with Crippen LogP contribution < -0.4 is 10.1 Å². The van der Waals surface area contributed by atoms with Gasteiger partial charge in [0.2, 0.25) is 0 Å². The number of rotatable bonds is 5. The lowest BCUT2D eigenvalue weighted by atomic mass is 9.98. The maximum Gasteiger partial charge on any atom is 0.270 e. The molecule has 1 atom stereocenters. The molecule has 126 valence electrons. The van der Waals surface area contributed by atoms with E-state index in [2.05, 4.69) is 10.3 Å². The van der Waals surface area contributed by atoms with Crippen molar-refractivity contribution in [1.29, 1.82) is 0 Å². The largest absolute Gasteiger partial charge is 0.497 e. The van der Waals surface area contributed by atoms with E-state index in [1.54, 1.807) is 19.2 Å². The van der Waals surface area contributed by atoms with E-state index in [-0.39, 0.29) is 17.6 Å². The van der Waals surface area contributed by atoms with Crippen LogP contribution in [0.25, 0.3) is 0 Å². The number of methoxy groups -OCH3 is 1. The Balaban J connectivity index is 1.92. The second-order valence-electron chi connectivity index (χ2n) is 5.45. The van der Waals surface area contributed by atoms with E-state index in [9.17, 15) is 4.79 Å². The van der Waals surface area contributed by atoms with Gasteiger partial charge in [0.1, 0.15) is 11.4 Å². The predicted octanol–water partition coefficient (Wildman–Crippen LogP) is 4.26. The van der Waals surface area contributed by atoms with Crippen molar-refractivity contribution < 1.29 is 9.53 Å². The fourth-order valence-electron chi connectivity index (χ4n) is 2.53. The second kappa shape index (κ2) is 7.81. The van der Waals surface area contributed by atoms with Crippen LogP contribution in [-0.4, -0.2) is 18.0 Å². The molecule has 1 N–H and O–H groups in total. The first-order valence-corrected chi connectivity index (χ1v) is 8.16. The SMILES string of the molecule is COc1ccc(C(NC(=O)c2cc(Cl)ccn2)c2ccccc2)cc1. The van der Waals surface area contributed by atoms with Gasteiger partial charge in [0.25, 0.3) is 5.91 Å². The van der Waals surface area contributed by atoms with Crippen LogP contribution in [0.2, 0.25) is 5.02 Å². The van der Waals surface area contributed by atoms with Gasteiger partial charge in [-0.25, -0.2) is 0 Å². The number of aromatic nitrogens is 1. The summed E-state index contributed by atoms with van der Waals surface area (Å²) >= 11 is 5.96. The molecule has 0 saturated heterocycles. The molecule has 4 nitrogen and oxygen atoms in total. The molecule has 0 fully saturated rings. The normalized spacial score (nSPS) is 11.6. The highest BCUT2D eigenvalue weighted by molar-refractivity contribution is 6.30. The lowest BCUT2D eigenvalue weighted by Gasteiger charge is -2.20. The average molecular weight is 353 g/mol. The first-order chi connectivity index (χ1) is 12.2. The van der Waals surface area contributed by atoms with Crippen LogP contribution in [0.5, 0.6) is 5.75 Å². The Morgan fingerprint density at radius 2 is 1.72 bits per heavy atom. The van der Waals surface area contributed by atoms with Gasteiger partial charge in [0.15, 0.2) is 0 Å². The van der Waals surface area contributed by atoms with Crippen LogP contribution in [0, 0.1) is 0 Å². The first kappa shape index (κ1) is 17.0. The third kappa shape index (κ3) is 4.17. The Labute approximate surface area is 151 Å². The molecule has 1 amide bonds. The van der Waals surface area contributed by atoms with E-state index in [4.69, 9.17) is 16.3 Å². The minimum Gasteiger partial charge on any atom is -0.497 e. The molecular weight excluding hydrogens is 336 g/mol. The third-order valence-electron chi connectivity index (χ3n) is 3.81. The number of carbonyl (C=O) groups excluding carboxylic acids is 1. The lowest BCUT2D eigenvalue weighted by molar-refractivity contribution is 0.0938. The molecule has 3 rings (SSSR count). The standard InChI is InChI=1S/C20H17ClN2O2/c1-25-17-9-7-15(8-10-17)19(14-5-3-2-4-6-14)23-20(24)18-13-16(21)11-12-22-18/h2-13,19H,1H3,(H,23,24). The van der Waals surface area contributed by atoms with Crippen molar-refractivity contribution in [3.05, 3.63) is 94.8 Å². The Bertz CT molecular complexity index is 851. The molecule has 1 heterocycles. The monoisotopic (exact) mass is 352 g/mol. The van der Waals surface area contributed by atoms with E-state index >= 15 is 0 Å². The summed E-state index contributed by atoms with van der Waals surface area (Å²) in [7, 11) is 1.62. The molecule has 0 aliphatic carbocycles. The van der Waals surface area contributed by atoms with Crippen LogP contribution in [0.1, 0.15) is 27.7 Å². The predicted molar refractivity (Wildman–Crippen MR) is 98.0 cm³/mol. The van der Waals surface area contributed by atoms with Gasteiger partial charge in [-0.3, -0.25) is 9.78 Å². The van der Waals surface area contributed by atoms with Crippen molar-refractivity contribution in [1.82, 2.24) is 10.3 Å². The lowest BCUT2D eigenvalue weighted by Crippen LogP contribution is -2.30. The highest BCUT2D eigenvalue weighted by atomic mass is 35.5. The van der Waals surface area contributed by atoms with E-state index < -0.39 is 0 Å². The zero-order valence-electron chi connectivity index (χ0n) is 13.6. The van der Waals surface area contributed by atoms with Crippen LogP contribution in [0.4, 0.5) is 0 Å². The summed E-state index contributed by atoms with van der Waals surface area (Å²) in [6.45, 7) is 0. The molecule has 0 spiro atoms. The van der Waals surface area contributed by atoms with Crippen LogP contribution >= 0.6 is 11.6 Å². The molecule has 0 saturated carbocycles. The molecular formula is C20H17ClN2O2. The number of hydrogen-bond acceptors (Lipinski definition) is 3. The summed E-state index contributed by atoms with van der Waals surface area (Å²) in [5.74, 6) is 0.477. The molecule has 1 aromatic heterocycles. The van der Waals surface area contributed by atoms with Crippen molar-refractivity contribution >= 4 is 17.5 Å². The molecule has 2 aromatic carbocycles. The first-order valence-electron chi connectivity index (χ1n) is 7.78. The molecule has 25 heavy (non-hydrogen) atoms. The summed E-state index contributed by atoms with van der Waals surface area (Å²) in [5, 5.41) is 3.50. The van der Waals surface area contributed by atoms with Crippen molar-refractivity contribution in [2.75, 3.05) is 7.11 Å². The third-order valence-corrected chi connectivity index (χ3v) is 4.05. The number of pyridine rings is 1. The highest BCUT2D eigenvalue weighted by Gasteiger charge is 2.18. The maximum absolute atomic E-state index is 12.6. The second-order valence-corrected chi connectivity index (χ2v) is 5.89. The summed E-state index contributed by atoms with van der Waals surface area (Å²) < 4.78 is 5.21. The van der Waals surface area contributed by atoms with Crippen molar-refractivity contribution in [3.8, 4) is 5.75 Å². The van der Waals surface area contributed by atoms with Gasteiger partial charge in [-0.1, -0.05) is 54.1 Å². The highest BCUT2D eigenvalue weighted by Crippen LogP contribution is 2.24. The van der Waals surface area contributed by atoms with Gasteiger partial charge >= 0.3 is 0 Å². The fraction of sp³-hybridized carbons (Fsp3) is 0.100. The smallest absolute Gasteiger partial charge is 0.270 e. The molecule has 5 heteroatoms. The minimum absolute atomic E-state index is 0.280. The number of benzene rings is 2. The molecule has 0 aliphatic heterocycles. The van der Waals surface area contributed by atoms with Gasteiger partial charge in [-0.2, -0.15) is 0 Å². The Kier molecular flexibility index (Phi) is 5.31. The summed E-state index contributed by atoms with van der Waals surface area (Å²) in [5.41, 5.74) is 2.20. The quantitative estimate of drug-likeness (QED) is 0.746. The molecule has 0 radical (unpaired) electrons.